The molecule has 1 saturated carbocycles. The van der Waals surface area contributed by atoms with Crippen molar-refractivity contribution in [1.82, 2.24) is 5.32 Å². The zero-order valence-corrected chi connectivity index (χ0v) is 13.1. The van der Waals surface area contributed by atoms with E-state index in [9.17, 15) is 0 Å². The molecule has 3 nitrogen and oxygen atoms in total. The summed E-state index contributed by atoms with van der Waals surface area (Å²) in [6.07, 6.45) is 5.81. The Hall–Kier alpha value is -1.32. The number of methoxy groups -OCH3 is 1. The van der Waals surface area contributed by atoms with Crippen LogP contribution in [0, 0.1) is 0 Å². The van der Waals surface area contributed by atoms with E-state index in [0.717, 1.165) is 43.8 Å². The quantitative estimate of drug-likeness (QED) is 0.801. The molecule has 21 heavy (non-hydrogen) atoms. The minimum absolute atomic E-state index is 0.713. The van der Waals surface area contributed by atoms with Crippen molar-refractivity contribution in [3.05, 3.63) is 35.1 Å². The Bertz CT molecular complexity index is 599. The highest BCUT2D eigenvalue weighted by molar-refractivity contribution is 5.83. The third-order valence-corrected chi connectivity index (χ3v) is 4.16. The summed E-state index contributed by atoms with van der Waals surface area (Å²) in [7, 11) is 1.75. The molecule has 1 fully saturated rings. The monoisotopic (exact) mass is 287 g/mol. The average Bonchev–Trinajstić information content (AvgIpc) is 3.27. The van der Waals surface area contributed by atoms with Crippen molar-refractivity contribution in [2.75, 3.05) is 13.7 Å². The van der Waals surface area contributed by atoms with Crippen molar-refractivity contribution in [2.24, 2.45) is 0 Å². The predicted octanol–water partition coefficient (Wildman–Crippen LogP) is 3.83. The van der Waals surface area contributed by atoms with Crippen LogP contribution in [-0.4, -0.2) is 19.8 Å². The van der Waals surface area contributed by atoms with Gasteiger partial charge in [-0.1, -0.05) is 19.4 Å². The Balaban J connectivity index is 1.88. The van der Waals surface area contributed by atoms with Crippen molar-refractivity contribution < 1.29 is 9.15 Å². The number of aryl methyl sites for hydroxylation is 1. The van der Waals surface area contributed by atoms with Gasteiger partial charge in [-0.05, 0) is 43.4 Å². The smallest absolute Gasteiger partial charge is 0.134 e. The molecule has 1 aliphatic carbocycles. The first-order valence-electron chi connectivity index (χ1n) is 8.07. The van der Waals surface area contributed by atoms with Crippen LogP contribution in [-0.2, 0) is 24.1 Å². The lowest BCUT2D eigenvalue weighted by Gasteiger charge is -2.04. The minimum Gasteiger partial charge on any atom is -0.459 e. The van der Waals surface area contributed by atoms with Crippen LogP contribution in [0.2, 0.25) is 0 Å². The number of fused-ring (bicyclic) bond motifs is 1. The van der Waals surface area contributed by atoms with Crippen LogP contribution >= 0.6 is 0 Å². The SMILES string of the molecule is CCCc1c(CNC2CC2)oc2ccc(CCOC)cc12. The maximum absolute atomic E-state index is 6.10. The van der Waals surface area contributed by atoms with Gasteiger partial charge in [-0.3, -0.25) is 0 Å². The molecular formula is C18H25NO2. The third-order valence-electron chi connectivity index (χ3n) is 4.16. The molecule has 0 aliphatic heterocycles. The molecular weight excluding hydrogens is 262 g/mol. The van der Waals surface area contributed by atoms with Crippen LogP contribution < -0.4 is 5.32 Å². The van der Waals surface area contributed by atoms with Crippen LogP contribution in [0.25, 0.3) is 11.0 Å². The second-order valence-electron chi connectivity index (χ2n) is 5.98. The van der Waals surface area contributed by atoms with E-state index in [1.54, 1.807) is 7.11 Å². The van der Waals surface area contributed by atoms with Gasteiger partial charge in [-0.15, -0.1) is 0 Å². The molecule has 2 aromatic rings. The van der Waals surface area contributed by atoms with Gasteiger partial charge in [0.15, 0.2) is 0 Å². The molecule has 3 heteroatoms. The lowest BCUT2D eigenvalue weighted by atomic mass is 10.0. The van der Waals surface area contributed by atoms with E-state index >= 15 is 0 Å². The van der Waals surface area contributed by atoms with Gasteiger partial charge in [0.05, 0.1) is 13.2 Å². The number of benzene rings is 1. The highest BCUT2D eigenvalue weighted by Gasteiger charge is 2.22. The minimum atomic E-state index is 0.713. The molecule has 1 aromatic heterocycles. The number of rotatable bonds is 8. The standard InChI is InChI=1S/C18H25NO2/c1-3-4-15-16-11-13(9-10-20-2)5-8-17(16)21-18(15)12-19-14-6-7-14/h5,8,11,14,19H,3-4,6-7,9-10,12H2,1-2H3. The molecule has 0 amide bonds. The van der Waals surface area contributed by atoms with Gasteiger partial charge in [-0.2, -0.15) is 0 Å². The van der Waals surface area contributed by atoms with Gasteiger partial charge in [0.2, 0.25) is 0 Å². The van der Waals surface area contributed by atoms with E-state index in [0.29, 0.717) is 6.04 Å². The van der Waals surface area contributed by atoms with Crippen molar-refractivity contribution in [3.8, 4) is 0 Å². The van der Waals surface area contributed by atoms with Crippen LogP contribution in [0.5, 0.6) is 0 Å². The molecule has 1 N–H and O–H groups in total. The zero-order chi connectivity index (χ0) is 14.7. The fourth-order valence-electron chi connectivity index (χ4n) is 2.81. The summed E-state index contributed by atoms with van der Waals surface area (Å²) >= 11 is 0. The molecule has 3 rings (SSSR count). The largest absolute Gasteiger partial charge is 0.459 e. The number of furan rings is 1. The third kappa shape index (κ3) is 3.47. The van der Waals surface area contributed by atoms with Gasteiger partial charge in [-0.25, -0.2) is 0 Å². The first-order valence-corrected chi connectivity index (χ1v) is 8.07. The molecule has 0 radical (unpaired) electrons. The summed E-state index contributed by atoms with van der Waals surface area (Å²) in [6, 6.07) is 7.26. The fraction of sp³-hybridized carbons (Fsp3) is 0.556. The van der Waals surface area contributed by atoms with Crippen LogP contribution in [0.4, 0.5) is 0 Å². The van der Waals surface area contributed by atoms with Crippen molar-refractivity contribution in [3.63, 3.8) is 0 Å². The number of nitrogens with one attached hydrogen (secondary N) is 1. The van der Waals surface area contributed by atoms with Crippen molar-refractivity contribution in [1.29, 1.82) is 0 Å². The van der Waals surface area contributed by atoms with Gasteiger partial charge >= 0.3 is 0 Å². The molecule has 1 heterocycles. The predicted molar refractivity (Wildman–Crippen MR) is 85.7 cm³/mol. The Morgan fingerprint density at radius 2 is 2.14 bits per heavy atom. The van der Waals surface area contributed by atoms with E-state index in [4.69, 9.17) is 9.15 Å². The van der Waals surface area contributed by atoms with E-state index in [2.05, 4.69) is 30.4 Å². The Morgan fingerprint density at radius 3 is 2.86 bits per heavy atom. The van der Waals surface area contributed by atoms with Crippen LogP contribution in [0.1, 0.15) is 43.1 Å². The molecule has 0 atom stereocenters. The van der Waals surface area contributed by atoms with E-state index < -0.39 is 0 Å². The van der Waals surface area contributed by atoms with E-state index in [1.165, 1.54) is 29.4 Å². The summed E-state index contributed by atoms with van der Waals surface area (Å²) in [5.41, 5.74) is 3.73. The Morgan fingerprint density at radius 1 is 1.29 bits per heavy atom. The Labute approximate surface area is 126 Å². The molecule has 0 unspecified atom stereocenters. The second-order valence-corrected chi connectivity index (χ2v) is 5.98. The van der Waals surface area contributed by atoms with Crippen LogP contribution in [0.15, 0.2) is 22.6 Å². The molecule has 1 aromatic carbocycles. The maximum atomic E-state index is 6.10. The maximum Gasteiger partial charge on any atom is 0.134 e. The average molecular weight is 287 g/mol. The highest BCUT2D eigenvalue weighted by Crippen LogP contribution is 2.29. The number of hydrogen-bond donors (Lipinski definition) is 1. The number of ether oxygens (including phenoxy) is 1. The summed E-state index contributed by atoms with van der Waals surface area (Å²) in [4.78, 5) is 0. The molecule has 1 aliphatic rings. The highest BCUT2D eigenvalue weighted by atomic mass is 16.5. The van der Waals surface area contributed by atoms with Crippen molar-refractivity contribution >= 4 is 11.0 Å². The summed E-state index contributed by atoms with van der Waals surface area (Å²) < 4.78 is 11.3. The lowest BCUT2D eigenvalue weighted by Crippen LogP contribution is -2.15. The molecule has 114 valence electrons. The van der Waals surface area contributed by atoms with Gasteiger partial charge in [0.25, 0.3) is 0 Å². The van der Waals surface area contributed by atoms with Gasteiger partial charge in [0, 0.05) is 24.1 Å². The topological polar surface area (TPSA) is 34.4 Å². The summed E-state index contributed by atoms with van der Waals surface area (Å²) in [6.45, 7) is 3.86. The first-order chi connectivity index (χ1) is 10.3. The fourth-order valence-corrected chi connectivity index (χ4v) is 2.81. The first kappa shape index (κ1) is 14.6. The second kappa shape index (κ2) is 6.63. The molecule has 0 saturated heterocycles. The van der Waals surface area contributed by atoms with E-state index in [-0.39, 0.29) is 0 Å². The Kier molecular flexibility index (Phi) is 4.61. The molecule has 0 bridgehead atoms. The number of hydrogen-bond acceptors (Lipinski definition) is 3. The summed E-state index contributed by atoms with van der Waals surface area (Å²) in [5, 5.41) is 4.86. The normalized spacial score (nSPS) is 15.0. The van der Waals surface area contributed by atoms with Gasteiger partial charge < -0.3 is 14.5 Å². The zero-order valence-electron chi connectivity index (χ0n) is 13.1. The van der Waals surface area contributed by atoms with E-state index in [1.807, 2.05) is 0 Å². The summed E-state index contributed by atoms with van der Waals surface area (Å²) in [5.74, 6) is 1.13. The molecule has 0 spiro atoms. The van der Waals surface area contributed by atoms with Gasteiger partial charge in [0.1, 0.15) is 11.3 Å². The van der Waals surface area contributed by atoms with Crippen molar-refractivity contribution in [2.45, 2.75) is 51.6 Å². The lowest BCUT2D eigenvalue weighted by molar-refractivity contribution is 0.202. The van der Waals surface area contributed by atoms with Crippen LogP contribution in [0.3, 0.4) is 0 Å².